The van der Waals surface area contributed by atoms with E-state index >= 15 is 0 Å². The van der Waals surface area contributed by atoms with E-state index in [9.17, 15) is 18.7 Å². The van der Waals surface area contributed by atoms with Gasteiger partial charge in [-0.15, -0.1) is 0 Å². The topological polar surface area (TPSA) is 40.1 Å². The van der Waals surface area contributed by atoms with Gasteiger partial charge in [0.2, 0.25) is 0 Å². The van der Waals surface area contributed by atoms with Crippen molar-refractivity contribution in [1.82, 2.24) is 0 Å². The molecule has 2 nitrogen and oxygen atoms in total. The second-order valence-electron chi connectivity index (χ2n) is 6.42. The Morgan fingerprint density at radius 3 is 1.23 bits per heavy atom. The average Bonchev–Trinajstić information content (AvgIpc) is 2.76. The Kier molecular flexibility index (Phi) is 7.74. The van der Waals surface area contributed by atoms with Gasteiger partial charge in [-0.05, 0) is 12.1 Å². The van der Waals surface area contributed by atoms with Crippen LogP contribution in [0.5, 0.6) is 0 Å². The van der Waals surface area contributed by atoms with Crippen LogP contribution in [0, 0.1) is 11.6 Å². The number of hydrogen-bond acceptors (Lipinski definition) is 2. The maximum absolute atomic E-state index is 12.3. The maximum atomic E-state index is 12.3. The third-order valence-electron chi connectivity index (χ3n) is 4.29. The number of carboxylic acids is 1. The molecule has 4 aromatic carbocycles. The van der Waals surface area contributed by atoms with Crippen molar-refractivity contribution in [3.05, 3.63) is 126 Å². The summed E-state index contributed by atoms with van der Waals surface area (Å²) in [7, 11) is 0. The van der Waals surface area contributed by atoms with Gasteiger partial charge in [-0.1, -0.05) is 0 Å². The first-order chi connectivity index (χ1) is 14.5. The summed E-state index contributed by atoms with van der Waals surface area (Å²) in [6, 6.07) is 34.9. The van der Waals surface area contributed by atoms with Gasteiger partial charge in [0.25, 0.3) is 0 Å². The fraction of sp³-hybridized carbons (Fsp3) is 0. The van der Waals surface area contributed by atoms with Crippen molar-refractivity contribution in [2.75, 3.05) is 0 Å². The van der Waals surface area contributed by atoms with Gasteiger partial charge in [0.15, 0.2) is 0 Å². The van der Waals surface area contributed by atoms with Crippen LogP contribution in [0.2, 0.25) is 0 Å². The normalized spacial score (nSPS) is 9.93. The van der Waals surface area contributed by atoms with Gasteiger partial charge in [-0.25, -0.2) is 8.78 Å². The van der Waals surface area contributed by atoms with E-state index in [0.29, 0.717) is 18.2 Å². The second kappa shape index (κ2) is 10.7. The summed E-state index contributed by atoms with van der Waals surface area (Å²) < 4.78 is 29.1. The summed E-state index contributed by atoms with van der Waals surface area (Å²) in [4.78, 5) is 10.1. The molecule has 0 aliphatic rings. The molecule has 0 aliphatic carbocycles. The molecule has 0 N–H and O–H groups in total. The van der Waals surface area contributed by atoms with Gasteiger partial charge in [0.05, 0.1) is 5.97 Å². The molecule has 0 amide bonds. The first-order valence-electron chi connectivity index (χ1n) is 9.25. The number of rotatable bonds is 4. The van der Waals surface area contributed by atoms with Crippen molar-refractivity contribution in [1.29, 1.82) is 0 Å². The quantitative estimate of drug-likeness (QED) is 0.399. The molecule has 30 heavy (non-hydrogen) atoms. The Labute approximate surface area is 181 Å². The SMILES string of the molecule is O=C([O-])c1cc(F)cc(F)c1.c1cc[c]([Sn+]([c]2ccccc2)[c]2ccccc2)cc1. The van der Waals surface area contributed by atoms with Crippen molar-refractivity contribution < 1.29 is 18.7 Å². The first-order valence-corrected chi connectivity index (χ1v) is 13.5. The second-order valence-corrected chi connectivity index (χ2v) is 13.5. The van der Waals surface area contributed by atoms with Crippen LogP contribution in [0.3, 0.4) is 0 Å². The summed E-state index contributed by atoms with van der Waals surface area (Å²) in [5.41, 5.74) is -0.498. The van der Waals surface area contributed by atoms with E-state index < -0.39 is 42.9 Å². The van der Waals surface area contributed by atoms with E-state index in [-0.39, 0.29) is 0 Å². The van der Waals surface area contributed by atoms with Gasteiger partial charge in [0, 0.05) is 11.6 Å². The fourth-order valence-corrected chi connectivity index (χ4v) is 10.3. The monoisotopic (exact) mass is 508 g/mol. The number of aromatic carboxylic acids is 1. The molecule has 0 saturated heterocycles. The Morgan fingerprint density at radius 1 is 0.600 bits per heavy atom. The molecule has 0 fully saturated rings. The fourth-order valence-electron chi connectivity index (χ4n) is 2.99. The van der Waals surface area contributed by atoms with Gasteiger partial charge in [0.1, 0.15) is 11.6 Å². The van der Waals surface area contributed by atoms with Crippen LogP contribution in [-0.4, -0.2) is 25.7 Å². The molecular weight excluding hydrogens is 489 g/mol. The predicted octanol–water partition coefficient (Wildman–Crippen LogP) is 2.53. The van der Waals surface area contributed by atoms with Crippen molar-refractivity contribution in [3.8, 4) is 0 Å². The van der Waals surface area contributed by atoms with E-state index in [4.69, 9.17) is 0 Å². The predicted molar refractivity (Wildman–Crippen MR) is 115 cm³/mol. The molecule has 0 heterocycles. The molecule has 0 atom stereocenters. The van der Waals surface area contributed by atoms with E-state index in [1.807, 2.05) is 0 Å². The summed E-state index contributed by atoms with van der Waals surface area (Å²) in [5, 5.41) is 10.1. The zero-order valence-corrected chi connectivity index (χ0v) is 18.8. The van der Waals surface area contributed by atoms with Gasteiger partial charge < -0.3 is 9.90 Å². The zero-order valence-electron chi connectivity index (χ0n) is 16.0. The Morgan fingerprint density at radius 2 is 0.933 bits per heavy atom. The van der Waals surface area contributed by atoms with E-state index in [1.165, 1.54) is 10.7 Å². The molecule has 0 saturated carbocycles. The number of carboxylic acid groups (broad SMARTS) is 1. The van der Waals surface area contributed by atoms with E-state index in [0.717, 1.165) is 0 Å². The number of benzene rings is 4. The van der Waals surface area contributed by atoms with Gasteiger partial charge in [-0.3, -0.25) is 0 Å². The van der Waals surface area contributed by atoms with Crippen molar-refractivity contribution >= 4 is 36.5 Å². The summed E-state index contributed by atoms with van der Waals surface area (Å²) >= 11 is -1.98. The van der Waals surface area contributed by atoms with Crippen molar-refractivity contribution in [2.45, 2.75) is 0 Å². The van der Waals surface area contributed by atoms with Crippen LogP contribution in [0.15, 0.2) is 109 Å². The molecule has 4 rings (SSSR count). The molecule has 0 unspecified atom stereocenters. The molecule has 148 valence electrons. The number of halogens is 2. The van der Waals surface area contributed by atoms with Crippen LogP contribution in [0.25, 0.3) is 0 Å². The molecule has 5 heteroatoms. The average molecular weight is 507 g/mol. The van der Waals surface area contributed by atoms with Crippen LogP contribution in [0.4, 0.5) is 8.78 Å². The van der Waals surface area contributed by atoms with Crippen molar-refractivity contribution in [3.63, 3.8) is 0 Å². The molecule has 0 aromatic heterocycles. The minimum absolute atomic E-state index is 0.498. The third-order valence-corrected chi connectivity index (χ3v) is 12.1. The van der Waals surface area contributed by atoms with Gasteiger partial charge >= 0.3 is 121 Å². The Bertz CT molecular complexity index is 974. The standard InChI is InChI=1S/C7H4F2O2.3C6H5.Sn/c8-5-1-4(7(10)11)2-6(9)3-5;3*1-2-4-6-5-3-1;/h1-3H,(H,10,11);3*1-5H;/q;;;;+1/p-1. The van der Waals surface area contributed by atoms with Gasteiger partial charge in [-0.2, -0.15) is 0 Å². The summed E-state index contributed by atoms with van der Waals surface area (Å²) in [6.07, 6.45) is 0. The summed E-state index contributed by atoms with van der Waals surface area (Å²) in [6.45, 7) is 0. The van der Waals surface area contributed by atoms with E-state index in [2.05, 4.69) is 91.0 Å². The molecule has 0 radical (unpaired) electrons. The molecule has 0 aliphatic heterocycles. The minimum atomic E-state index is -1.98. The molecule has 0 spiro atoms. The van der Waals surface area contributed by atoms with E-state index in [1.54, 1.807) is 0 Å². The van der Waals surface area contributed by atoms with Crippen LogP contribution >= 0.6 is 0 Å². The summed E-state index contributed by atoms with van der Waals surface area (Å²) in [5.74, 6) is -3.45. The molecular formula is C25H18F2O2Sn. The zero-order chi connectivity index (χ0) is 21.3. The van der Waals surface area contributed by atoms with Crippen LogP contribution in [-0.2, 0) is 0 Å². The Balaban J connectivity index is 0.000000199. The number of carbonyl (C=O) groups excluding carboxylic acids is 1. The first kappa shape index (κ1) is 21.7. The number of carbonyl (C=O) groups is 1. The van der Waals surface area contributed by atoms with Crippen LogP contribution < -0.4 is 15.8 Å². The van der Waals surface area contributed by atoms with Crippen LogP contribution in [0.1, 0.15) is 10.4 Å². The third kappa shape index (κ3) is 6.00. The molecule has 4 aromatic rings. The molecule has 0 bridgehead atoms. The van der Waals surface area contributed by atoms with Crippen molar-refractivity contribution in [2.24, 2.45) is 0 Å². The Hall–Kier alpha value is -2.99. The number of hydrogen-bond donors (Lipinski definition) is 0.